The van der Waals surface area contributed by atoms with Crippen molar-refractivity contribution >= 4 is 11.7 Å². The van der Waals surface area contributed by atoms with Gasteiger partial charge < -0.3 is 15.2 Å². The van der Waals surface area contributed by atoms with Gasteiger partial charge in [0.15, 0.2) is 5.75 Å². The average Bonchev–Trinajstić information content (AvgIpc) is 3.51. The van der Waals surface area contributed by atoms with Gasteiger partial charge in [-0.1, -0.05) is 30.3 Å². The van der Waals surface area contributed by atoms with Crippen LogP contribution in [0.5, 0.6) is 5.75 Å². The van der Waals surface area contributed by atoms with E-state index in [9.17, 15) is 14.3 Å². The zero-order valence-corrected chi connectivity index (χ0v) is 16.4. The number of ether oxygens (including phenoxy) is 1. The number of aliphatic hydroxyl groups is 1. The van der Waals surface area contributed by atoms with Gasteiger partial charge in [-0.25, -0.2) is 19.3 Å². The lowest BCUT2D eigenvalue weighted by Gasteiger charge is -2.19. The van der Waals surface area contributed by atoms with E-state index in [1.807, 2.05) is 30.3 Å². The molecule has 3 aromatic rings. The number of hydrogen-bond acceptors (Lipinski definition) is 6. The molecule has 0 aliphatic heterocycles. The minimum absolute atomic E-state index is 0.205. The van der Waals surface area contributed by atoms with E-state index in [4.69, 9.17) is 4.74 Å². The van der Waals surface area contributed by atoms with Crippen LogP contribution in [0.25, 0.3) is 0 Å². The molecule has 1 aromatic carbocycles. The monoisotopic (exact) mass is 408 g/mol. The number of anilines is 1. The van der Waals surface area contributed by atoms with Crippen molar-refractivity contribution in [3.8, 4) is 5.75 Å². The summed E-state index contributed by atoms with van der Waals surface area (Å²) in [4.78, 5) is 25.1. The number of carbonyl (C=O) groups is 1. The van der Waals surface area contributed by atoms with Crippen molar-refractivity contribution in [1.82, 2.24) is 15.0 Å². The first-order valence-electron chi connectivity index (χ1n) is 9.56. The van der Waals surface area contributed by atoms with E-state index in [-0.39, 0.29) is 25.0 Å². The number of benzene rings is 1. The SMILES string of the molecule is Cc1ncc(OC[C@@]2(c3ccccc3)C[C@H]2C(=O)Nc2ccc(F)cn2)c(CO)n1. The van der Waals surface area contributed by atoms with Gasteiger partial charge in [-0.15, -0.1) is 0 Å². The fourth-order valence-electron chi connectivity index (χ4n) is 3.59. The molecule has 1 aliphatic rings. The molecule has 0 bridgehead atoms. The van der Waals surface area contributed by atoms with Crippen molar-refractivity contribution in [2.45, 2.75) is 25.4 Å². The van der Waals surface area contributed by atoms with Gasteiger partial charge in [0.05, 0.1) is 31.5 Å². The van der Waals surface area contributed by atoms with Crippen LogP contribution >= 0.6 is 0 Å². The van der Waals surface area contributed by atoms with Gasteiger partial charge in [0.2, 0.25) is 5.91 Å². The van der Waals surface area contributed by atoms with Crippen LogP contribution < -0.4 is 10.1 Å². The van der Waals surface area contributed by atoms with Gasteiger partial charge in [-0.2, -0.15) is 0 Å². The second-order valence-corrected chi connectivity index (χ2v) is 7.30. The third-order valence-electron chi connectivity index (χ3n) is 5.30. The first-order chi connectivity index (χ1) is 14.5. The largest absolute Gasteiger partial charge is 0.489 e. The summed E-state index contributed by atoms with van der Waals surface area (Å²) < 4.78 is 19.0. The second-order valence-electron chi connectivity index (χ2n) is 7.30. The lowest BCUT2D eigenvalue weighted by atomic mass is 9.93. The Bertz CT molecular complexity index is 1050. The number of nitrogens with zero attached hydrogens (tertiary/aromatic N) is 3. The molecule has 0 unspecified atom stereocenters. The molecule has 1 fully saturated rings. The fourth-order valence-corrected chi connectivity index (χ4v) is 3.59. The lowest BCUT2D eigenvalue weighted by Crippen LogP contribution is -2.27. The predicted octanol–water partition coefficient (Wildman–Crippen LogP) is 2.79. The summed E-state index contributed by atoms with van der Waals surface area (Å²) in [5.74, 6) is 0.223. The molecule has 0 spiro atoms. The molecule has 1 aliphatic carbocycles. The summed E-state index contributed by atoms with van der Waals surface area (Å²) in [7, 11) is 0. The van der Waals surface area contributed by atoms with E-state index in [0.29, 0.717) is 29.5 Å². The van der Waals surface area contributed by atoms with Gasteiger partial charge in [0.1, 0.15) is 23.2 Å². The molecule has 2 heterocycles. The minimum Gasteiger partial charge on any atom is -0.489 e. The van der Waals surface area contributed by atoms with Crippen molar-refractivity contribution in [2.24, 2.45) is 5.92 Å². The highest BCUT2D eigenvalue weighted by molar-refractivity contribution is 5.95. The van der Waals surface area contributed by atoms with Crippen LogP contribution in [0.4, 0.5) is 10.2 Å². The van der Waals surface area contributed by atoms with Crippen LogP contribution in [-0.4, -0.2) is 32.6 Å². The Hall–Kier alpha value is -3.39. The number of carbonyl (C=O) groups excluding carboxylic acids is 1. The third-order valence-corrected chi connectivity index (χ3v) is 5.30. The zero-order chi connectivity index (χ0) is 21.1. The Labute approximate surface area is 173 Å². The van der Waals surface area contributed by atoms with Crippen LogP contribution in [0.3, 0.4) is 0 Å². The summed E-state index contributed by atoms with van der Waals surface area (Å²) in [5, 5.41) is 12.3. The van der Waals surface area contributed by atoms with E-state index in [1.165, 1.54) is 18.3 Å². The highest BCUT2D eigenvalue weighted by Crippen LogP contribution is 2.55. The summed E-state index contributed by atoms with van der Waals surface area (Å²) in [6.45, 7) is 1.70. The maximum atomic E-state index is 13.1. The highest BCUT2D eigenvalue weighted by atomic mass is 19.1. The Balaban J connectivity index is 1.54. The van der Waals surface area contributed by atoms with Gasteiger partial charge in [0.25, 0.3) is 0 Å². The number of amides is 1. The molecule has 1 saturated carbocycles. The molecule has 4 rings (SSSR count). The first-order valence-corrected chi connectivity index (χ1v) is 9.56. The van der Waals surface area contributed by atoms with E-state index >= 15 is 0 Å². The number of pyridine rings is 1. The first kappa shape index (κ1) is 19.9. The van der Waals surface area contributed by atoms with E-state index in [1.54, 1.807) is 6.92 Å². The Kier molecular flexibility index (Phi) is 5.41. The predicted molar refractivity (Wildman–Crippen MR) is 107 cm³/mol. The third kappa shape index (κ3) is 3.99. The molecule has 30 heavy (non-hydrogen) atoms. The van der Waals surface area contributed by atoms with Gasteiger partial charge in [-0.3, -0.25) is 4.79 Å². The molecule has 1 amide bonds. The molecule has 2 aromatic heterocycles. The normalized spacial score (nSPS) is 19.9. The van der Waals surface area contributed by atoms with Crippen molar-refractivity contribution in [3.05, 3.63) is 77.8 Å². The van der Waals surface area contributed by atoms with Crippen molar-refractivity contribution in [2.75, 3.05) is 11.9 Å². The van der Waals surface area contributed by atoms with Crippen LogP contribution in [0, 0.1) is 18.7 Å². The molecular formula is C22H21FN4O3. The fraction of sp³-hybridized carbons (Fsp3) is 0.273. The number of hydrogen-bond donors (Lipinski definition) is 2. The lowest BCUT2D eigenvalue weighted by molar-refractivity contribution is -0.117. The molecule has 2 N–H and O–H groups in total. The number of nitrogens with one attached hydrogen (secondary N) is 1. The quantitative estimate of drug-likeness (QED) is 0.624. The van der Waals surface area contributed by atoms with Crippen LogP contribution in [0.1, 0.15) is 23.5 Å². The Morgan fingerprint density at radius 2 is 2.03 bits per heavy atom. The maximum Gasteiger partial charge on any atom is 0.229 e. The highest BCUT2D eigenvalue weighted by Gasteiger charge is 2.60. The van der Waals surface area contributed by atoms with Crippen molar-refractivity contribution in [3.63, 3.8) is 0 Å². The average molecular weight is 408 g/mol. The summed E-state index contributed by atoms with van der Waals surface area (Å²) >= 11 is 0. The zero-order valence-electron chi connectivity index (χ0n) is 16.4. The molecule has 2 atom stereocenters. The number of aliphatic hydroxyl groups excluding tert-OH is 1. The molecule has 0 saturated heterocycles. The molecule has 7 nitrogen and oxygen atoms in total. The number of aryl methyl sites for hydroxylation is 1. The number of rotatable bonds is 7. The minimum atomic E-state index is -0.525. The molecule has 8 heteroatoms. The van der Waals surface area contributed by atoms with Gasteiger partial charge in [0, 0.05) is 5.41 Å². The van der Waals surface area contributed by atoms with E-state index in [2.05, 4.69) is 20.3 Å². The molecule has 154 valence electrons. The molecular weight excluding hydrogens is 387 g/mol. The smallest absolute Gasteiger partial charge is 0.229 e. The van der Waals surface area contributed by atoms with Crippen molar-refractivity contribution in [1.29, 1.82) is 0 Å². The molecule has 0 radical (unpaired) electrons. The second kappa shape index (κ2) is 8.16. The number of halogens is 1. The van der Waals surface area contributed by atoms with Crippen molar-refractivity contribution < 1.29 is 19.0 Å². The van der Waals surface area contributed by atoms with E-state index in [0.717, 1.165) is 11.8 Å². The Morgan fingerprint density at radius 1 is 1.23 bits per heavy atom. The van der Waals surface area contributed by atoms with E-state index < -0.39 is 11.2 Å². The summed E-state index contributed by atoms with van der Waals surface area (Å²) in [6, 6.07) is 12.3. The topological polar surface area (TPSA) is 97.2 Å². The van der Waals surface area contributed by atoms with Crippen LogP contribution in [-0.2, 0) is 16.8 Å². The standard InChI is InChI=1S/C22H21FN4O3/c1-14-24-11-19(18(12-28)26-14)30-13-22(15-5-3-2-4-6-15)9-17(22)21(29)27-20-8-7-16(23)10-25-20/h2-8,10-11,17,28H,9,12-13H2,1H3,(H,25,27,29)/t17-,22+/m0/s1. The van der Waals surface area contributed by atoms with Gasteiger partial charge in [-0.05, 0) is 31.0 Å². The summed E-state index contributed by atoms with van der Waals surface area (Å²) in [5.41, 5.74) is 0.863. The van der Waals surface area contributed by atoms with Crippen LogP contribution in [0.15, 0.2) is 54.9 Å². The van der Waals surface area contributed by atoms with Gasteiger partial charge >= 0.3 is 0 Å². The maximum absolute atomic E-state index is 13.1. The number of aromatic nitrogens is 3. The Morgan fingerprint density at radius 3 is 2.73 bits per heavy atom. The van der Waals surface area contributed by atoms with Crippen LogP contribution in [0.2, 0.25) is 0 Å². The summed E-state index contributed by atoms with van der Waals surface area (Å²) in [6.07, 6.45) is 3.18.